The topological polar surface area (TPSA) is 35.5 Å². The van der Waals surface area contributed by atoms with Crippen molar-refractivity contribution in [3.8, 4) is 16.9 Å². The molecule has 0 fully saturated rings. The van der Waals surface area contributed by atoms with E-state index in [2.05, 4.69) is 60.7 Å². The molecule has 0 radical (unpaired) electrons. The summed E-state index contributed by atoms with van der Waals surface area (Å²) in [5.74, 6) is 0.767. The molecule has 0 saturated carbocycles. The number of hydrogen-bond acceptors (Lipinski definition) is 3. The summed E-state index contributed by atoms with van der Waals surface area (Å²) in [5.41, 5.74) is 4.80. The van der Waals surface area contributed by atoms with Crippen molar-refractivity contribution < 1.29 is 14.3 Å². The van der Waals surface area contributed by atoms with E-state index in [1.54, 1.807) is 0 Å². The van der Waals surface area contributed by atoms with Crippen LogP contribution < -0.4 is 4.74 Å². The van der Waals surface area contributed by atoms with Gasteiger partial charge in [0, 0.05) is 6.42 Å². The molecule has 0 aliphatic heterocycles. The lowest BCUT2D eigenvalue weighted by Crippen LogP contribution is -2.03. The lowest BCUT2D eigenvalue weighted by molar-refractivity contribution is -0.143. The number of unbranched alkanes of at least 4 members (excludes halogenated alkanes) is 1. The molecule has 3 nitrogen and oxygen atoms in total. The molecule has 0 aliphatic carbocycles. The summed E-state index contributed by atoms with van der Waals surface area (Å²) in [6, 6.07) is 27.1. The number of carbonyl (C=O) groups excluding carboxylic acids is 1. The third kappa shape index (κ3) is 6.79. The van der Waals surface area contributed by atoms with E-state index < -0.39 is 0 Å². The predicted molar refractivity (Wildman–Crippen MR) is 117 cm³/mol. The average Bonchev–Trinajstić information content (AvgIpc) is 2.77. The first-order valence-electron chi connectivity index (χ1n) is 10.3. The second kappa shape index (κ2) is 11.1. The molecule has 150 valence electrons. The second-order valence-corrected chi connectivity index (χ2v) is 7.01. The van der Waals surface area contributed by atoms with Crippen molar-refractivity contribution in [3.63, 3.8) is 0 Å². The normalized spacial score (nSPS) is 10.5. The second-order valence-electron chi connectivity index (χ2n) is 7.01. The van der Waals surface area contributed by atoms with Crippen LogP contribution in [-0.2, 0) is 22.6 Å². The van der Waals surface area contributed by atoms with Crippen LogP contribution in [0.4, 0.5) is 0 Å². The Morgan fingerprint density at radius 2 is 1.55 bits per heavy atom. The number of benzene rings is 3. The fraction of sp³-hybridized carbons (Fsp3) is 0.269. The molecule has 0 aromatic heterocycles. The van der Waals surface area contributed by atoms with Gasteiger partial charge >= 0.3 is 5.97 Å². The fourth-order valence-electron chi connectivity index (χ4n) is 3.21. The van der Waals surface area contributed by atoms with E-state index in [0.29, 0.717) is 19.6 Å². The quantitative estimate of drug-likeness (QED) is 0.306. The first-order valence-corrected chi connectivity index (χ1v) is 10.3. The molecule has 0 atom stereocenters. The van der Waals surface area contributed by atoms with Gasteiger partial charge in [0.25, 0.3) is 0 Å². The molecule has 0 amide bonds. The largest absolute Gasteiger partial charge is 0.489 e. The van der Waals surface area contributed by atoms with Gasteiger partial charge in [-0.2, -0.15) is 0 Å². The molecule has 29 heavy (non-hydrogen) atoms. The average molecular weight is 389 g/mol. The highest BCUT2D eigenvalue weighted by atomic mass is 16.5. The van der Waals surface area contributed by atoms with Gasteiger partial charge in [0.05, 0.1) is 6.61 Å². The van der Waals surface area contributed by atoms with Crippen LogP contribution >= 0.6 is 0 Å². The highest BCUT2D eigenvalue weighted by Gasteiger charge is 2.03. The van der Waals surface area contributed by atoms with Crippen molar-refractivity contribution in [2.24, 2.45) is 0 Å². The number of esters is 1. The molecule has 0 unspecified atom stereocenters. The van der Waals surface area contributed by atoms with E-state index in [1.807, 2.05) is 25.1 Å². The van der Waals surface area contributed by atoms with Gasteiger partial charge < -0.3 is 9.47 Å². The Bertz CT molecular complexity index is 885. The molecule has 3 heteroatoms. The molecular formula is C26H28O3. The zero-order chi connectivity index (χ0) is 20.3. The van der Waals surface area contributed by atoms with Gasteiger partial charge in [-0.3, -0.25) is 4.79 Å². The van der Waals surface area contributed by atoms with Gasteiger partial charge in [0.2, 0.25) is 0 Å². The molecule has 3 rings (SSSR count). The van der Waals surface area contributed by atoms with E-state index in [-0.39, 0.29) is 5.97 Å². The summed E-state index contributed by atoms with van der Waals surface area (Å²) >= 11 is 0. The van der Waals surface area contributed by atoms with Crippen molar-refractivity contribution in [2.45, 2.75) is 39.2 Å². The minimum atomic E-state index is -0.108. The Labute approximate surface area is 173 Å². The van der Waals surface area contributed by atoms with Gasteiger partial charge in [0.15, 0.2) is 0 Å². The summed E-state index contributed by atoms with van der Waals surface area (Å²) in [6.45, 7) is 2.83. The standard InChI is InChI=1S/C26H28O3/c1-2-28-26(27)14-7-6-9-21-10-8-13-25(19-21)29-20-22-15-17-24(18-16-22)23-11-4-3-5-12-23/h3-5,8,10-13,15-19H,2,6-7,9,14,20H2,1H3. The Hall–Kier alpha value is -3.07. The number of rotatable bonds is 10. The van der Waals surface area contributed by atoms with Crippen LogP contribution in [0.3, 0.4) is 0 Å². The summed E-state index contributed by atoms with van der Waals surface area (Å²) in [7, 11) is 0. The number of aryl methyl sites for hydroxylation is 1. The number of ether oxygens (including phenoxy) is 2. The third-order valence-corrected chi connectivity index (χ3v) is 4.77. The fourth-order valence-corrected chi connectivity index (χ4v) is 3.21. The van der Waals surface area contributed by atoms with Gasteiger partial charge in [-0.05, 0) is 60.6 Å². The Balaban J connectivity index is 1.47. The molecule has 3 aromatic rings. The molecule has 3 aromatic carbocycles. The Morgan fingerprint density at radius 1 is 0.793 bits per heavy atom. The van der Waals surface area contributed by atoms with E-state index in [1.165, 1.54) is 16.7 Å². The minimum Gasteiger partial charge on any atom is -0.489 e. The minimum absolute atomic E-state index is 0.108. The van der Waals surface area contributed by atoms with Gasteiger partial charge in [-0.1, -0.05) is 66.7 Å². The van der Waals surface area contributed by atoms with E-state index in [9.17, 15) is 4.79 Å². The van der Waals surface area contributed by atoms with E-state index in [0.717, 1.165) is 30.6 Å². The Kier molecular flexibility index (Phi) is 7.88. The summed E-state index contributed by atoms with van der Waals surface area (Å²) in [4.78, 5) is 11.4. The van der Waals surface area contributed by atoms with Gasteiger partial charge in [-0.15, -0.1) is 0 Å². The van der Waals surface area contributed by atoms with Crippen molar-refractivity contribution in [1.82, 2.24) is 0 Å². The van der Waals surface area contributed by atoms with Crippen LogP contribution in [0.2, 0.25) is 0 Å². The Morgan fingerprint density at radius 3 is 2.31 bits per heavy atom. The SMILES string of the molecule is CCOC(=O)CCCCc1cccc(OCc2ccc(-c3ccccc3)cc2)c1. The predicted octanol–water partition coefficient (Wildman–Crippen LogP) is 6.21. The lowest BCUT2D eigenvalue weighted by atomic mass is 10.0. The lowest BCUT2D eigenvalue weighted by Gasteiger charge is -2.09. The summed E-state index contributed by atoms with van der Waals surface area (Å²) < 4.78 is 10.9. The molecule has 0 saturated heterocycles. The molecule has 0 N–H and O–H groups in total. The summed E-state index contributed by atoms with van der Waals surface area (Å²) in [6.07, 6.45) is 3.23. The maximum atomic E-state index is 11.4. The van der Waals surface area contributed by atoms with Crippen LogP contribution in [-0.4, -0.2) is 12.6 Å². The van der Waals surface area contributed by atoms with Crippen molar-refractivity contribution >= 4 is 5.97 Å². The highest BCUT2D eigenvalue weighted by Crippen LogP contribution is 2.21. The number of carbonyl (C=O) groups is 1. The maximum absolute atomic E-state index is 11.4. The molecule has 0 bridgehead atoms. The first-order chi connectivity index (χ1) is 14.2. The number of hydrogen-bond donors (Lipinski definition) is 0. The van der Waals surface area contributed by atoms with Crippen LogP contribution in [0.1, 0.15) is 37.3 Å². The zero-order valence-corrected chi connectivity index (χ0v) is 17.0. The first kappa shape index (κ1) is 20.7. The van der Waals surface area contributed by atoms with Gasteiger partial charge in [-0.25, -0.2) is 0 Å². The third-order valence-electron chi connectivity index (χ3n) is 4.77. The van der Waals surface area contributed by atoms with Gasteiger partial charge in [0.1, 0.15) is 12.4 Å². The van der Waals surface area contributed by atoms with Crippen LogP contribution in [0, 0.1) is 0 Å². The smallest absolute Gasteiger partial charge is 0.305 e. The molecule has 0 spiro atoms. The van der Waals surface area contributed by atoms with Crippen molar-refractivity contribution in [3.05, 3.63) is 90.0 Å². The van der Waals surface area contributed by atoms with Crippen LogP contribution in [0.15, 0.2) is 78.9 Å². The monoisotopic (exact) mass is 388 g/mol. The van der Waals surface area contributed by atoms with E-state index in [4.69, 9.17) is 9.47 Å². The van der Waals surface area contributed by atoms with Crippen LogP contribution in [0.25, 0.3) is 11.1 Å². The zero-order valence-electron chi connectivity index (χ0n) is 17.0. The highest BCUT2D eigenvalue weighted by molar-refractivity contribution is 5.69. The summed E-state index contributed by atoms with van der Waals surface area (Å²) in [5, 5.41) is 0. The van der Waals surface area contributed by atoms with E-state index >= 15 is 0 Å². The maximum Gasteiger partial charge on any atom is 0.305 e. The van der Waals surface area contributed by atoms with Crippen molar-refractivity contribution in [2.75, 3.05) is 6.61 Å². The van der Waals surface area contributed by atoms with Crippen LogP contribution in [0.5, 0.6) is 5.75 Å². The molecular weight excluding hydrogens is 360 g/mol. The molecule has 0 aliphatic rings. The van der Waals surface area contributed by atoms with Crippen molar-refractivity contribution in [1.29, 1.82) is 0 Å². The molecule has 0 heterocycles.